The number of likely N-dealkylation sites (tertiary alicyclic amines) is 1. The molecule has 0 saturated carbocycles. The summed E-state index contributed by atoms with van der Waals surface area (Å²) in [4.78, 5) is 31.8. The predicted octanol–water partition coefficient (Wildman–Crippen LogP) is 3.69. The van der Waals surface area contributed by atoms with Gasteiger partial charge in [0.1, 0.15) is 5.60 Å². The molecule has 1 saturated heterocycles. The number of nitrogens with one attached hydrogen (secondary N) is 1. The zero-order valence-corrected chi connectivity index (χ0v) is 17.9. The second-order valence-electron chi connectivity index (χ2n) is 8.99. The van der Waals surface area contributed by atoms with Gasteiger partial charge in [0.2, 0.25) is 5.91 Å². The fourth-order valence-corrected chi connectivity index (χ4v) is 3.79. The van der Waals surface area contributed by atoms with Gasteiger partial charge in [0.15, 0.2) is 0 Å². The van der Waals surface area contributed by atoms with Crippen molar-refractivity contribution in [3.05, 3.63) is 42.2 Å². The first-order chi connectivity index (χ1) is 14.2. The average molecular weight is 409 g/mol. The highest BCUT2D eigenvalue weighted by atomic mass is 16.6. The molecule has 1 fully saturated rings. The van der Waals surface area contributed by atoms with Gasteiger partial charge in [-0.1, -0.05) is 6.07 Å². The average Bonchev–Trinajstić information content (AvgIpc) is 2.66. The summed E-state index contributed by atoms with van der Waals surface area (Å²) in [5, 5.41) is 3.45. The number of ether oxygens (including phenoxy) is 1. The maximum atomic E-state index is 12.1. The third-order valence-corrected chi connectivity index (χ3v) is 5.40. The van der Waals surface area contributed by atoms with E-state index in [1.165, 1.54) is 5.56 Å². The highest BCUT2D eigenvalue weighted by Crippen LogP contribution is 2.32. The van der Waals surface area contributed by atoms with E-state index in [0.717, 1.165) is 28.9 Å². The molecule has 3 heterocycles. The molecule has 7 heteroatoms. The van der Waals surface area contributed by atoms with Crippen LogP contribution in [-0.4, -0.2) is 53.7 Å². The Morgan fingerprint density at radius 1 is 1.13 bits per heavy atom. The normalized spacial score (nSPS) is 16.7. The molecule has 0 spiro atoms. The molecular weight excluding hydrogens is 380 g/mol. The van der Waals surface area contributed by atoms with E-state index in [1.807, 2.05) is 46.1 Å². The van der Waals surface area contributed by atoms with Gasteiger partial charge in [-0.2, -0.15) is 0 Å². The van der Waals surface area contributed by atoms with Crippen molar-refractivity contribution in [3.63, 3.8) is 0 Å². The van der Waals surface area contributed by atoms with E-state index in [9.17, 15) is 9.59 Å². The quantitative estimate of drug-likeness (QED) is 0.838. The monoisotopic (exact) mass is 408 g/mol. The highest BCUT2D eigenvalue weighted by molar-refractivity contribution is 5.96. The molecule has 1 aromatic carbocycles. The van der Waals surface area contributed by atoms with Crippen LogP contribution in [0.15, 0.2) is 36.7 Å². The molecule has 2 aromatic rings. The van der Waals surface area contributed by atoms with Crippen LogP contribution in [0.4, 0.5) is 16.2 Å². The lowest BCUT2D eigenvalue weighted by Crippen LogP contribution is -2.57. The van der Waals surface area contributed by atoms with Crippen LogP contribution in [0.1, 0.15) is 32.8 Å². The van der Waals surface area contributed by atoms with Gasteiger partial charge >= 0.3 is 6.09 Å². The van der Waals surface area contributed by atoms with Crippen LogP contribution in [-0.2, 0) is 16.0 Å². The summed E-state index contributed by atoms with van der Waals surface area (Å²) in [5.41, 5.74) is 4.70. The van der Waals surface area contributed by atoms with Gasteiger partial charge in [-0.15, -0.1) is 0 Å². The van der Waals surface area contributed by atoms with Crippen molar-refractivity contribution in [3.8, 4) is 11.1 Å². The van der Waals surface area contributed by atoms with Gasteiger partial charge in [-0.25, -0.2) is 4.79 Å². The first-order valence-corrected chi connectivity index (χ1v) is 10.3. The first kappa shape index (κ1) is 20.2. The van der Waals surface area contributed by atoms with Crippen LogP contribution in [0.25, 0.3) is 11.1 Å². The van der Waals surface area contributed by atoms with E-state index in [2.05, 4.69) is 22.4 Å². The molecule has 2 amide bonds. The number of aromatic nitrogens is 1. The molecule has 1 N–H and O–H groups in total. The molecule has 1 aromatic heterocycles. The number of amides is 2. The molecule has 7 nitrogen and oxygen atoms in total. The molecule has 4 rings (SSSR count). The minimum Gasteiger partial charge on any atom is -0.444 e. The summed E-state index contributed by atoms with van der Waals surface area (Å²) >= 11 is 0. The zero-order chi connectivity index (χ0) is 21.5. The molecule has 2 aliphatic heterocycles. The SMILES string of the molecule is CN1C(=O)CCc2cc(-c3cncc(NC4CN(C(=O)OC(C)(C)C)C4)c3)ccc21. The maximum absolute atomic E-state index is 12.1. The Morgan fingerprint density at radius 2 is 1.90 bits per heavy atom. The van der Waals surface area contributed by atoms with Gasteiger partial charge in [-0.05, 0) is 56.5 Å². The minimum atomic E-state index is -0.481. The van der Waals surface area contributed by atoms with Crippen LogP contribution >= 0.6 is 0 Å². The van der Waals surface area contributed by atoms with Crippen molar-refractivity contribution in [2.75, 3.05) is 30.4 Å². The number of aryl methyl sites for hydroxylation is 1. The topological polar surface area (TPSA) is 74.8 Å². The van der Waals surface area contributed by atoms with Gasteiger partial charge in [0.25, 0.3) is 0 Å². The van der Waals surface area contributed by atoms with E-state index in [1.54, 1.807) is 16.0 Å². The maximum Gasteiger partial charge on any atom is 0.410 e. The van der Waals surface area contributed by atoms with Crippen molar-refractivity contribution >= 4 is 23.4 Å². The number of anilines is 2. The number of hydrogen-bond donors (Lipinski definition) is 1. The number of pyridine rings is 1. The van der Waals surface area contributed by atoms with Gasteiger partial charge < -0.3 is 19.9 Å². The van der Waals surface area contributed by atoms with Crippen LogP contribution in [0.3, 0.4) is 0 Å². The Bertz CT molecular complexity index is 977. The lowest BCUT2D eigenvalue weighted by atomic mass is 9.96. The largest absolute Gasteiger partial charge is 0.444 e. The van der Waals surface area contributed by atoms with E-state index >= 15 is 0 Å². The van der Waals surface area contributed by atoms with Gasteiger partial charge in [0.05, 0.1) is 11.7 Å². The van der Waals surface area contributed by atoms with Gasteiger partial charge in [0, 0.05) is 50.2 Å². The fraction of sp³-hybridized carbons (Fsp3) is 0.435. The molecule has 158 valence electrons. The Hall–Kier alpha value is -3.09. The Kier molecular flexibility index (Phi) is 5.13. The molecular formula is C23H28N4O3. The first-order valence-electron chi connectivity index (χ1n) is 10.3. The molecule has 2 aliphatic rings. The molecule has 0 bridgehead atoms. The van der Waals surface area contributed by atoms with Crippen molar-refractivity contribution < 1.29 is 14.3 Å². The van der Waals surface area contributed by atoms with Crippen LogP contribution in [0.2, 0.25) is 0 Å². The minimum absolute atomic E-state index is 0.157. The van der Waals surface area contributed by atoms with E-state index in [-0.39, 0.29) is 18.0 Å². The number of carbonyl (C=O) groups is 2. The van der Waals surface area contributed by atoms with Gasteiger partial charge in [-0.3, -0.25) is 9.78 Å². The summed E-state index contributed by atoms with van der Waals surface area (Å²) in [6.45, 7) is 6.83. The lowest BCUT2D eigenvalue weighted by Gasteiger charge is -2.40. The second kappa shape index (κ2) is 7.63. The Labute approximate surface area is 177 Å². The standard InChI is InChI=1S/C23H28N4O3/c1-23(2,3)30-22(29)27-13-19(14-27)25-18-10-17(11-24-12-18)15-5-7-20-16(9-15)6-8-21(28)26(20)4/h5,7,9-12,19,25H,6,8,13-14H2,1-4H3. The van der Waals surface area contributed by atoms with Crippen molar-refractivity contribution in [2.24, 2.45) is 0 Å². The van der Waals surface area contributed by atoms with E-state index in [4.69, 9.17) is 4.74 Å². The summed E-state index contributed by atoms with van der Waals surface area (Å²) in [6, 6.07) is 8.43. The van der Waals surface area contributed by atoms with Crippen molar-refractivity contribution in [2.45, 2.75) is 45.3 Å². The fourth-order valence-electron chi connectivity index (χ4n) is 3.79. The number of hydrogen-bond acceptors (Lipinski definition) is 5. The molecule has 0 radical (unpaired) electrons. The molecule has 0 aliphatic carbocycles. The Morgan fingerprint density at radius 3 is 2.63 bits per heavy atom. The van der Waals surface area contributed by atoms with Crippen LogP contribution in [0.5, 0.6) is 0 Å². The third-order valence-electron chi connectivity index (χ3n) is 5.40. The summed E-state index contributed by atoms with van der Waals surface area (Å²) < 4.78 is 5.40. The lowest BCUT2D eigenvalue weighted by molar-refractivity contribution is -0.118. The van der Waals surface area contributed by atoms with Crippen LogP contribution < -0.4 is 10.2 Å². The molecule has 30 heavy (non-hydrogen) atoms. The Balaban J connectivity index is 1.41. The predicted molar refractivity (Wildman–Crippen MR) is 117 cm³/mol. The highest BCUT2D eigenvalue weighted by Gasteiger charge is 2.33. The summed E-state index contributed by atoms with van der Waals surface area (Å²) in [7, 11) is 1.82. The van der Waals surface area contributed by atoms with Crippen molar-refractivity contribution in [1.82, 2.24) is 9.88 Å². The number of nitrogens with zero attached hydrogens (tertiary/aromatic N) is 3. The number of benzene rings is 1. The summed E-state index contributed by atoms with van der Waals surface area (Å²) in [6.07, 6.45) is 4.68. The van der Waals surface area contributed by atoms with Crippen LogP contribution in [0, 0.1) is 0 Å². The molecule has 0 unspecified atom stereocenters. The van der Waals surface area contributed by atoms with Crippen molar-refractivity contribution in [1.29, 1.82) is 0 Å². The number of rotatable bonds is 3. The van der Waals surface area contributed by atoms with E-state index in [0.29, 0.717) is 19.5 Å². The smallest absolute Gasteiger partial charge is 0.410 e. The zero-order valence-electron chi connectivity index (χ0n) is 17.9. The number of carbonyl (C=O) groups excluding carboxylic acids is 2. The second-order valence-corrected chi connectivity index (χ2v) is 8.99. The third kappa shape index (κ3) is 4.25. The summed E-state index contributed by atoms with van der Waals surface area (Å²) in [5.74, 6) is 0.157. The van der Waals surface area contributed by atoms with E-state index < -0.39 is 5.60 Å². The number of fused-ring (bicyclic) bond motifs is 1. The molecule has 0 atom stereocenters.